The second kappa shape index (κ2) is 14.3. The topological polar surface area (TPSA) is 3.24 Å². The van der Waals surface area contributed by atoms with Gasteiger partial charge < -0.3 is 4.90 Å². The molecule has 9 aromatic rings. The van der Waals surface area contributed by atoms with Gasteiger partial charge in [-0.2, -0.15) is 0 Å². The van der Waals surface area contributed by atoms with Crippen LogP contribution in [0.5, 0.6) is 0 Å². The largest absolute Gasteiger partial charge is 0.310 e. The molecule has 53 heavy (non-hydrogen) atoms. The molecular weight excluding hydrogens is 639 g/mol. The van der Waals surface area contributed by atoms with Crippen LogP contribution in [0, 0.1) is 0 Å². The molecule has 0 saturated carbocycles. The number of hydrogen-bond donors (Lipinski definition) is 0. The van der Waals surface area contributed by atoms with Crippen LogP contribution < -0.4 is 4.90 Å². The van der Waals surface area contributed by atoms with Crippen LogP contribution >= 0.6 is 0 Å². The van der Waals surface area contributed by atoms with E-state index in [0.717, 1.165) is 17.1 Å². The van der Waals surface area contributed by atoms with E-state index in [2.05, 4.69) is 229 Å². The van der Waals surface area contributed by atoms with Crippen LogP contribution in [0.3, 0.4) is 0 Å². The molecule has 0 unspecified atom stereocenters. The van der Waals surface area contributed by atoms with Crippen molar-refractivity contribution in [2.45, 2.75) is 0 Å². The van der Waals surface area contributed by atoms with Gasteiger partial charge in [0.1, 0.15) is 0 Å². The summed E-state index contributed by atoms with van der Waals surface area (Å²) in [6, 6.07) is 80.9. The molecule has 0 saturated heterocycles. The minimum Gasteiger partial charge on any atom is -0.310 e. The molecular formula is C52H37N. The predicted molar refractivity (Wildman–Crippen MR) is 226 cm³/mol. The molecule has 0 heterocycles. The summed E-state index contributed by atoms with van der Waals surface area (Å²) in [6.07, 6.45) is 0. The first-order valence-electron chi connectivity index (χ1n) is 18.2. The smallest absolute Gasteiger partial charge is 0.0546 e. The molecule has 0 aliphatic carbocycles. The molecule has 0 spiro atoms. The van der Waals surface area contributed by atoms with Crippen LogP contribution in [0.2, 0.25) is 0 Å². The maximum absolute atomic E-state index is 2.42. The molecule has 9 rings (SSSR count). The summed E-state index contributed by atoms with van der Waals surface area (Å²) in [5.74, 6) is 0. The van der Waals surface area contributed by atoms with Crippen LogP contribution in [0.1, 0.15) is 0 Å². The van der Waals surface area contributed by atoms with Crippen molar-refractivity contribution < 1.29 is 0 Å². The van der Waals surface area contributed by atoms with Gasteiger partial charge in [0.25, 0.3) is 0 Å². The molecule has 0 amide bonds. The Balaban J connectivity index is 1.27. The van der Waals surface area contributed by atoms with E-state index >= 15 is 0 Å². The lowest BCUT2D eigenvalue weighted by atomic mass is 9.87. The van der Waals surface area contributed by atoms with E-state index in [1.165, 1.54) is 66.4 Å². The Morgan fingerprint density at radius 2 is 0.660 bits per heavy atom. The highest BCUT2D eigenvalue weighted by Crippen LogP contribution is 2.48. The van der Waals surface area contributed by atoms with Gasteiger partial charge in [-0.15, -0.1) is 0 Å². The Bertz CT molecular complexity index is 2620. The average Bonchev–Trinajstić information content (AvgIpc) is 3.25. The molecule has 1 heteroatoms. The lowest BCUT2D eigenvalue weighted by Crippen LogP contribution is -2.12. The van der Waals surface area contributed by atoms with Gasteiger partial charge in [-0.1, -0.05) is 194 Å². The highest BCUT2D eigenvalue weighted by Gasteiger charge is 2.23. The lowest BCUT2D eigenvalue weighted by molar-refractivity contribution is 1.28. The van der Waals surface area contributed by atoms with Crippen molar-refractivity contribution in [2.75, 3.05) is 4.90 Å². The summed E-state index contributed by atoms with van der Waals surface area (Å²) in [7, 11) is 0. The maximum Gasteiger partial charge on any atom is 0.0546 e. The van der Waals surface area contributed by atoms with E-state index in [9.17, 15) is 0 Å². The van der Waals surface area contributed by atoms with Crippen molar-refractivity contribution in [3.8, 4) is 55.6 Å². The zero-order valence-corrected chi connectivity index (χ0v) is 29.3. The number of fused-ring (bicyclic) bond motifs is 1. The molecule has 0 radical (unpaired) electrons. The molecule has 0 aliphatic rings. The third-order valence-electron chi connectivity index (χ3n) is 10.1. The van der Waals surface area contributed by atoms with Crippen LogP contribution in [-0.2, 0) is 0 Å². The number of nitrogens with zero attached hydrogens (tertiary/aromatic N) is 1. The van der Waals surface area contributed by atoms with E-state index in [4.69, 9.17) is 0 Å². The van der Waals surface area contributed by atoms with Gasteiger partial charge in [0, 0.05) is 16.9 Å². The Hall–Kier alpha value is -6.96. The van der Waals surface area contributed by atoms with Crippen LogP contribution in [0.4, 0.5) is 17.1 Å². The fraction of sp³-hybridized carbons (Fsp3) is 0. The summed E-state index contributed by atoms with van der Waals surface area (Å²) in [6.45, 7) is 0. The summed E-state index contributed by atoms with van der Waals surface area (Å²) < 4.78 is 0. The van der Waals surface area contributed by atoms with Gasteiger partial charge in [0.15, 0.2) is 0 Å². The van der Waals surface area contributed by atoms with Crippen LogP contribution in [0.25, 0.3) is 66.4 Å². The Morgan fingerprint density at radius 1 is 0.245 bits per heavy atom. The maximum atomic E-state index is 2.42. The van der Waals surface area contributed by atoms with Crippen molar-refractivity contribution in [1.82, 2.24) is 0 Å². The van der Waals surface area contributed by atoms with Crippen molar-refractivity contribution in [3.63, 3.8) is 0 Å². The zero-order valence-electron chi connectivity index (χ0n) is 29.3. The normalized spacial score (nSPS) is 11.0. The molecule has 0 bridgehead atoms. The lowest BCUT2D eigenvalue weighted by Gasteiger charge is -2.30. The molecule has 0 aromatic heterocycles. The molecule has 250 valence electrons. The number of benzene rings is 9. The van der Waals surface area contributed by atoms with Gasteiger partial charge in [0.2, 0.25) is 0 Å². The number of anilines is 3. The fourth-order valence-corrected chi connectivity index (χ4v) is 7.57. The highest BCUT2D eigenvalue weighted by atomic mass is 15.1. The second-order valence-corrected chi connectivity index (χ2v) is 13.3. The number of hydrogen-bond acceptors (Lipinski definition) is 1. The Kier molecular flexibility index (Phi) is 8.66. The van der Waals surface area contributed by atoms with Gasteiger partial charge in [-0.05, 0) is 91.2 Å². The fourth-order valence-electron chi connectivity index (χ4n) is 7.57. The second-order valence-electron chi connectivity index (χ2n) is 13.3. The van der Waals surface area contributed by atoms with Gasteiger partial charge >= 0.3 is 0 Å². The minimum atomic E-state index is 1.09. The molecule has 1 nitrogen and oxygen atoms in total. The van der Waals surface area contributed by atoms with E-state index in [-0.39, 0.29) is 0 Å². The highest BCUT2D eigenvalue weighted by molar-refractivity contribution is 6.02. The Labute approximate surface area is 311 Å². The van der Waals surface area contributed by atoms with Crippen LogP contribution in [0.15, 0.2) is 224 Å². The molecule has 9 aromatic carbocycles. The van der Waals surface area contributed by atoms with Crippen molar-refractivity contribution in [3.05, 3.63) is 224 Å². The molecule has 0 N–H and O–H groups in total. The SMILES string of the molecule is c1ccc(-c2ccc(N(c3ccc(-c4cccc5ccccc45)cc3)c3cccc(-c4ccccc4)c3-c3ccccc3-c3ccccc3)cc2)cc1. The quantitative estimate of drug-likeness (QED) is 0.155. The van der Waals surface area contributed by atoms with Crippen LogP contribution in [-0.4, -0.2) is 0 Å². The third kappa shape index (κ3) is 6.30. The minimum absolute atomic E-state index is 1.09. The van der Waals surface area contributed by atoms with Gasteiger partial charge in [0.05, 0.1) is 5.69 Å². The average molecular weight is 676 g/mol. The van der Waals surface area contributed by atoms with E-state index < -0.39 is 0 Å². The van der Waals surface area contributed by atoms with E-state index in [1.807, 2.05) is 0 Å². The van der Waals surface area contributed by atoms with Crippen molar-refractivity contribution in [2.24, 2.45) is 0 Å². The van der Waals surface area contributed by atoms with E-state index in [1.54, 1.807) is 0 Å². The summed E-state index contributed by atoms with van der Waals surface area (Å²) in [5.41, 5.74) is 15.2. The summed E-state index contributed by atoms with van der Waals surface area (Å²) >= 11 is 0. The van der Waals surface area contributed by atoms with Crippen molar-refractivity contribution in [1.29, 1.82) is 0 Å². The van der Waals surface area contributed by atoms with Crippen molar-refractivity contribution >= 4 is 27.8 Å². The molecule has 0 atom stereocenters. The first kappa shape index (κ1) is 32.0. The van der Waals surface area contributed by atoms with Gasteiger partial charge in [-0.25, -0.2) is 0 Å². The summed E-state index contributed by atoms with van der Waals surface area (Å²) in [4.78, 5) is 2.42. The summed E-state index contributed by atoms with van der Waals surface area (Å²) in [5, 5.41) is 2.50. The predicted octanol–water partition coefficient (Wildman–Crippen LogP) is 14.6. The molecule has 0 aliphatic heterocycles. The first-order valence-corrected chi connectivity index (χ1v) is 18.2. The molecule has 0 fully saturated rings. The monoisotopic (exact) mass is 675 g/mol. The van der Waals surface area contributed by atoms with E-state index in [0.29, 0.717) is 0 Å². The first-order chi connectivity index (χ1) is 26.3. The third-order valence-corrected chi connectivity index (χ3v) is 10.1. The van der Waals surface area contributed by atoms with Gasteiger partial charge in [-0.3, -0.25) is 0 Å². The Morgan fingerprint density at radius 3 is 1.32 bits per heavy atom. The standard InChI is InChI=1S/C52H37N/c1-4-16-38(17-5-1)39-30-34-44(35-31-39)53(45-36-32-43(33-37-45)47-27-14-23-41-22-10-11-24-46(41)47)51-29-15-28-49(42-20-8-3-9-21-42)52(51)50-26-13-12-25-48(50)40-18-6-2-7-19-40/h1-37H. The zero-order chi connectivity index (χ0) is 35.4. The number of rotatable bonds is 8.